The maximum Gasteiger partial charge on any atom is 0.0368 e. The zero-order chi connectivity index (χ0) is 11.4. The van der Waals surface area contributed by atoms with Crippen LogP contribution in [0.15, 0.2) is 63.9 Å². The summed E-state index contributed by atoms with van der Waals surface area (Å²) in [6.07, 6.45) is 0. The number of aryl methyl sites for hydroxylation is 1. The van der Waals surface area contributed by atoms with Gasteiger partial charge < -0.3 is 8.57 Å². The van der Waals surface area contributed by atoms with Gasteiger partial charge in [-0.2, -0.15) is 10.6 Å². The van der Waals surface area contributed by atoms with E-state index in [1.807, 2.05) is 61.5 Å². The molecule has 0 saturated heterocycles. The van der Waals surface area contributed by atoms with Gasteiger partial charge in [0.2, 0.25) is 0 Å². The van der Waals surface area contributed by atoms with Gasteiger partial charge in [0.1, 0.15) is 0 Å². The third kappa shape index (κ3) is 2.70. The molecule has 0 atom stereocenters. The topological polar surface area (TPSA) is 29.4 Å². The van der Waals surface area contributed by atoms with Crippen LogP contribution in [0.1, 0.15) is 5.56 Å². The molecule has 0 aromatic heterocycles. The molecule has 0 aliphatic carbocycles. The first-order valence-electron chi connectivity index (χ1n) is 5.01. The summed E-state index contributed by atoms with van der Waals surface area (Å²) >= 11 is 0. The predicted molar refractivity (Wildman–Crippen MR) is 66.0 cm³/mol. The molecule has 0 unspecified atom stereocenters. The van der Waals surface area contributed by atoms with E-state index in [4.69, 9.17) is 0 Å². The lowest BCUT2D eigenvalue weighted by atomic mass is 10.2. The van der Waals surface area contributed by atoms with Gasteiger partial charge in [-0.05, 0) is 19.1 Å². The maximum atomic E-state index is 11.9. The molecule has 0 amide bonds. The monoisotopic (exact) mass is 230 g/mol. The summed E-state index contributed by atoms with van der Waals surface area (Å²) in [5, 5.41) is 0. The Morgan fingerprint density at radius 1 is 0.938 bits per heavy atom. The number of benzene rings is 2. The molecular formula is C13H12NOS-. The van der Waals surface area contributed by atoms with Crippen LogP contribution in [-0.4, -0.2) is 0 Å². The Hall–Kier alpha value is -1.61. The van der Waals surface area contributed by atoms with Gasteiger partial charge in [0.05, 0.1) is 0 Å². The highest BCUT2D eigenvalue weighted by molar-refractivity contribution is 7.75. The van der Waals surface area contributed by atoms with E-state index in [-0.39, 0.29) is 0 Å². The van der Waals surface area contributed by atoms with Crippen LogP contribution in [0.2, 0.25) is 0 Å². The van der Waals surface area contributed by atoms with E-state index in [0.717, 1.165) is 16.1 Å². The summed E-state index contributed by atoms with van der Waals surface area (Å²) < 4.78 is 16.0. The SMILES string of the molecule is Cc1ccc([S-](=O)=Nc2ccccc2)cc1. The van der Waals surface area contributed by atoms with Crippen molar-refractivity contribution in [3.05, 3.63) is 60.2 Å². The maximum absolute atomic E-state index is 11.9. The second-order valence-electron chi connectivity index (χ2n) is 3.49. The van der Waals surface area contributed by atoms with Crippen molar-refractivity contribution in [2.24, 2.45) is 4.36 Å². The van der Waals surface area contributed by atoms with Crippen LogP contribution in [0.25, 0.3) is 0 Å². The molecule has 0 fully saturated rings. The molecule has 2 aromatic rings. The predicted octanol–water partition coefficient (Wildman–Crippen LogP) is 3.83. The molecule has 2 aromatic carbocycles. The zero-order valence-electron chi connectivity index (χ0n) is 8.96. The fraction of sp³-hybridized carbons (Fsp3) is 0.0769. The molecule has 0 N–H and O–H groups in total. The molecule has 82 valence electrons. The van der Waals surface area contributed by atoms with Crippen LogP contribution >= 0.6 is 0 Å². The third-order valence-electron chi connectivity index (χ3n) is 2.17. The molecule has 0 heterocycles. The summed E-state index contributed by atoms with van der Waals surface area (Å²) in [5.74, 6) is 0. The van der Waals surface area contributed by atoms with Gasteiger partial charge in [0, 0.05) is 5.69 Å². The number of hydrogen-bond acceptors (Lipinski definition) is 3. The summed E-state index contributed by atoms with van der Waals surface area (Å²) in [7, 11) is -1.32. The van der Waals surface area contributed by atoms with Gasteiger partial charge in [0.25, 0.3) is 0 Å². The van der Waals surface area contributed by atoms with Crippen LogP contribution in [0.5, 0.6) is 0 Å². The van der Waals surface area contributed by atoms with E-state index in [1.54, 1.807) is 0 Å². The average Bonchev–Trinajstić information content (AvgIpc) is 2.31. The molecule has 3 heteroatoms. The number of nitrogens with zero attached hydrogens (tertiary/aromatic N) is 1. The zero-order valence-corrected chi connectivity index (χ0v) is 9.78. The molecule has 2 nitrogen and oxygen atoms in total. The van der Waals surface area contributed by atoms with Gasteiger partial charge >= 0.3 is 0 Å². The lowest BCUT2D eigenvalue weighted by Gasteiger charge is -2.05. The van der Waals surface area contributed by atoms with E-state index in [9.17, 15) is 4.21 Å². The molecule has 2 rings (SSSR count). The molecule has 0 aliphatic rings. The summed E-state index contributed by atoms with van der Waals surface area (Å²) in [5.41, 5.74) is 1.89. The minimum atomic E-state index is -1.32. The lowest BCUT2D eigenvalue weighted by molar-refractivity contribution is 0.600. The Balaban J connectivity index is 2.32. The highest BCUT2D eigenvalue weighted by Gasteiger charge is 1.85. The molecule has 0 aliphatic heterocycles. The van der Waals surface area contributed by atoms with Crippen LogP contribution < -0.4 is 0 Å². The van der Waals surface area contributed by atoms with E-state index in [2.05, 4.69) is 4.36 Å². The van der Waals surface area contributed by atoms with E-state index < -0.39 is 10.6 Å². The number of rotatable bonds is 2. The molecular weight excluding hydrogens is 218 g/mol. The third-order valence-corrected chi connectivity index (χ3v) is 3.22. The van der Waals surface area contributed by atoms with E-state index >= 15 is 0 Å². The first kappa shape index (κ1) is 10.9. The highest BCUT2D eigenvalue weighted by atomic mass is 32.2. The highest BCUT2D eigenvalue weighted by Crippen LogP contribution is 2.13. The Kier molecular flexibility index (Phi) is 3.37. The average molecular weight is 230 g/mol. The largest absolute Gasteiger partial charge is 0.440 e. The Bertz CT molecular complexity index is 540. The number of hydrogen-bond donors (Lipinski definition) is 0. The summed E-state index contributed by atoms with van der Waals surface area (Å²) in [4.78, 5) is 0.731. The molecule has 0 saturated carbocycles. The Labute approximate surface area is 97.2 Å². The van der Waals surface area contributed by atoms with Crippen molar-refractivity contribution in [2.45, 2.75) is 11.8 Å². The normalized spacial score (nSPS) is 12.6. The van der Waals surface area contributed by atoms with E-state index in [1.165, 1.54) is 0 Å². The van der Waals surface area contributed by atoms with Crippen molar-refractivity contribution in [3.8, 4) is 0 Å². The van der Waals surface area contributed by atoms with Crippen LogP contribution in [0.4, 0.5) is 5.69 Å². The van der Waals surface area contributed by atoms with Gasteiger partial charge in [-0.15, -0.1) is 0 Å². The van der Waals surface area contributed by atoms with Crippen LogP contribution in [0, 0.1) is 6.92 Å². The minimum Gasteiger partial charge on any atom is -0.440 e. The van der Waals surface area contributed by atoms with Gasteiger partial charge in [-0.25, -0.2) is 0 Å². The van der Waals surface area contributed by atoms with Gasteiger partial charge in [-0.1, -0.05) is 52.9 Å². The van der Waals surface area contributed by atoms with Gasteiger partial charge in [-0.3, -0.25) is 0 Å². The molecule has 0 bridgehead atoms. The van der Waals surface area contributed by atoms with Crippen molar-refractivity contribution < 1.29 is 4.21 Å². The van der Waals surface area contributed by atoms with Crippen LogP contribution in [0.3, 0.4) is 0 Å². The van der Waals surface area contributed by atoms with Crippen LogP contribution in [-0.2, 0) is 14.8 Å². The quantitative estimate of drug-likeness (QED) is 0.721. The minimum absolute atomic E-state index is 0.731. The lowest BCUT2D eigenvalue weighted by Crippen LogP contribution is -1.79. The standard InChI is InChI=1S/C13H12NOS/c1-11-7-9-13(10-8-11)16(15)14-12-5-3-2-4-6-12/h2-10H,1H3/q-1. The molecule has 0 spiro atoms. The van der Waals surface area contributed by atoms with Crippen molar-refractivity contribution in [1.29, 1.82) is 0 Å². The Morgan fingerprint density at radius 3 is 2.19 bits per heavy atom. The fourth-order valence-corrected chi connectivity index (χ4v) is 2.08. The van der Waals surface area contributed by atoms with Crippen molar-refractivity contribution in [2.75, 3.05) is 0 Å². The second kappa shape index (κ2) is 4.94. The second-order valence-corrected chi connectivity index (χ2v) is 4.64. The van der Waals surface area contributed by atoms with Crippen molar-refractivity contribution >= 4 is 16.3 Å². The van der Waals surface area contributed by atoms with Crippen molar-refractivity contribution in [3.63, 3.8) is 0 Å². The summed E-state index contributed by atoms with van der Waals surface area (Å²) in [6, 6.07) is 16.9. The molecule has 16 heavy (non-hydrogen) atoms. The fourth-order valence-electron chi connectivity index (χ4n) is 1.29. The van der Waals surface area contributed by atoms with E-state index in [0.29, 0.717) is 0 Å². The summed E-state index contributed by atoms with van der Waals surface area (Å²) in [6.45, 7) is 2.00. The first-order chi connectivity index (χ1) is 7.75. The smallest absolute Gasteiger partial charge is 0.0368 e. The molecule has 0 radical (unpaired) electrons. The van der Waals surface area contributed by atoms with Crippen molar-refractivity contribution in [1.82, 2.24) is 0 Å². The first-order valence-corrected chi connectivity index (χ1v) is 6.12. The Morgan fingerprint density at radius 2 is 1.56 bits per heavy atom. The van der Waals surface area contributed by atoms with Gasteiger partial charge in [0.15, 0.2) is 0 Å².